The molecule has 2 atom stereocenters. The maximum atomic E-state index is 12.6. The molecule has 0 aromatic carbocycles. The standard InChI is InChI=1S/C46H80NO7P/c1-3-5-7-9-11-13-15-17-19-20-21-22-23-24-25-26-28-30-32-34-36-38-41-51-43-45(44-53-55(49,50)52-42-40-47)54-46(48)39-37-35-33-31-29-27-18-16-14-12-10-8-6-4-2/h5,7,11,13,16-19,21-22,24-25,28,30,45H,3-4,6,8-10,12,14-15,20,23,26-27,29,31-44,47H2,1-2H3,(H,49,50)/b7-5-,13-11-,18-16-,19-17-,22-21-,25-24-,30-28-. The summed E-state index contributed by atoms with van der Waals surface area (Å²) in [6.45, 7) is 4.68. The second-order valence-electron chi connectivity index (χ2n) is 13.8. The van der Waals surface area contributed by atoms with Gasteiger partial charge in [-0.1, -0.05) is 150 Å². The number of carbonyl (C=O) groups excluding carboxylic acids is 1. The van der Waals surface area contributed by atoms with Crippen molar-refractivity contribution in [2.24, 2.45) is 5.73 Å². The van der Waals surface area contributed by atoms with Gasteiger partial charge in [-0.25, -0.2) is 4.57 Å². The van der Waals surface area contributed by atoms with Crippen molar-refractivity contribution in [2.45, 2.75) is 168 Å². The normalized spacial score (nSPS) is 14.3. The van der Waals surface area contributed by atoms with Crippen molar-refractivity contribution in [1.29, 1.82) is 0 Å². The molecule has 0 amide bonds. The van der Waals surface area contributed by atoms with Crippen molar-refractivity contribution in [3.8, 4) is 0 Å². The predicted octanol–water partition coefficient (Wildman–Crippen LogP) is 12.9. The fourth-order valence-electron chi connectivity index (χ4n) is 5.40. The lowest BCUT2D eigenvalue weighted by Crippen LogP contribution is -2.28. The summed E-state index contributed by atoms with van der Waals surface area (Å²) in [5.41, 5.74) is 5.36. The van der Waals surface area contributed by atoms with Crippen LogP contribution in [-0.4, -0.2) is 49.9 Å². The first-order valence-electron chi connectivity index (χ1n) is 21.6. The molecule has 8 nitrogen and oxygen atoms in total. The Labute approximate surface area is 337 Å². The number of ether oxygens (including phenoxy) is 2. The van der Waals surface area contributed by atoms with Gasteiger partial charge in [-0.2, -0.15) is 0 Å². The first-order valence-corrected chi connectivity index (χ1v) is 23.1. The van der Waals surface area contributed by atoms with Crippen molar-refractivity contribution < 1.29 is 32.8 Å². The SMILES string of the molecule is CC/C=C\C/C=C\C/C=C\C/C=C\C/C=C\C/C=C\CCCCCOCC(COP(=O)(O)OCCN)OC(=O)CCCCCCC/C=C\CCCCCCC. The Bertz CT molecular complexity index is 1110. The molecule has 3 N–H and O–H groups in total. The molecule has 0 spiro atoms. The van der Waals surface area contributed by atoms with Gasteiger partial charge < -0.3 is 20.1 Å². The number of allylic oxidation sites excluding steroid dienone is 14. The van der Waals surface area contributed by atoms with Gasteiger partial charge >= 0.3 is 13.8 Å². The van der Waals surface area contributed by atoms with Crippen LogP contribution in [0.25, 0.3) is 0 Å². The molecule has 9 heteroatoms. The van der Waals surface area contributed by atoms with E-state index in [1.807, 2.05) is 0 Å². The molecule has 0 aromatic rings. The van der Waals surface area contributed by atoms with Gasteiger partial charge in [-0.3, -0.25) is 13.8 Å². The average Bonchev–Trinajstić information content (AvgIpc) is 3.17. The van der Waals surface area contributed by atoms with E-state index >= 15 is 0 Å². The highest BCUT2D eigenvalue weighted by Gasteiger charge is 2.25. The average molecular weight is 790 g/mol. The molecule has 316 valence electrons. The number of nitrogens with two attached hydrogens (primary N) is 1. The zero-order chi connectivity index (χ0) is 40.2. The van der Waals surface area contributed by atoms with Gasteiger partial charge in [0.2, 0.25) is 0 Å². The van der Waals surface area contributed by atoms with E-state index in [0.29, 0.717) is 13.0 Å². The van der Waals surface area contributed by atoms with Crippen LogP contribution >= 0.6 is 7.82 Å². The van der Waals surface area contributed by atoms with Gasteiger partial charge in [-0.15, -0.1) is 0 Å². The Balaban J connectivity index is 4.14. The van der Waals surface area contributed by atoms with Gasteiger partial charge in [0, 0.05) is 19.6 Å². The van der Waals surface area contributed by atoms with E-state index in [2.05, 4.69) is 98.9 Å². The molecule has 0 saturated carbocycles. The number of hydrogen-bond acceptors (Lipinski definition) is 7. The monoisotopic (exact) mass is 790 g/mol. The van der Waals surface area contributed by atoms with E-state index in [0.717, 1.165) is 96.3 Å². The number of phosphoric ester groups is 1. The Hall–Kier alpha value is -2.32. The van der Waals surface area contributed by atoms with Gasteiger partial charge in [0.1, 0.15) is 6.10 Å². The van der Waals surface area contributed by atoms with Crippen LogP contribution in [0.15, 0.2) is 85.1 Å². The van der Waals surface area contributed by atoms with E-state index in [1.165, 1.54) is 44.9 Å². The zero-order valence-electron chi connectivity index (χ0n) is 34.9. The topological polar surface area (TPSA) is 117 Å². The predicted molar refractivity (Wildman–Crippen MR) is 233 cm³/mol. The van der Waals surface area contributed by atoms with Crippen molar-refractivity contribution in [3.05, 3.63) is 85.1 Å². The van der Waals surface area contributed by atoms with Crippen LogP contribution < -0.4 is 5.73 Å². The molecule has 0 aliphatic heterocycles. The van der Waals surface area contributed by atoms with Crippen molar-refractivity contribution in [2.75, 3.05) is 33.0 Å². The van der Waals surface area contributed by atoms with E-state index in [1.54, 1.807) is 0 Å². The van der Waals surface area contributed by atoms with Gasteiger partial charge in [0.15, 0.2) is 0 Å². The molecule has 0 fully saturated rings. The first kappa shape index (κ1) is 52.7. The molecule has 0 aromatic heterocycles. The minimum atomic E-state index is -4.29. The summed E-state index contributed by atoms with van der Waals surface area (Å²) in [5, 5.41) is 0. The summed E-state index contributed by atoms with van der Waals surface area (Å²) in [4.78, 5) is 22.5. The van der Waals surface area contributed by atoms with Crippen LogP contribution in [0.3, 0.4) is 0 Å². The Kier molecular flexibility index (Phi) is 41.0. The van der Waals surface area contributed by atoms with E-state index in [-0.39, 0.29) is 32.3 Å². The molecule has 0 saturated heterocycles. The summed E-state index contributed by atoms with van der Waals surface area (Å²) in [7, 11) is -4.29. The number of hydrogen-bond donors (Lipinski definition) is 2. The van der Waals surface area contributed by atoms with E-state index < -0.39 is 13.9 Å². The Morgan fingerprint density at radius 1 is 0.564 bits per heavy atom. The minimum Gasteiger partial charge on any atom is -0.457 e. The van der Waals surface area contributed by atoms with Crippen LogP contribution in [0.2, 0.25) is 0 Å². The molecule has 55 heavy (non-hydrogen) atoms. The zero-order valence-corrected chi connectivity index (χ0v) is 35.8. The number of unbranched alkanes of at least 4 members (excludes halogenated alkanes) is 13. The first-order chi connectivity index (χ1) is 26.9. The van der Waals surface area contributed by atoms with Gasteiger partial charge in [0.25, 0.3) is 0 Å². The van der Waals surface area contributed by atoms with Crippen LogP contribution in [-0.2, 0) is 27.9 Å². The summed E-state index contributed by atoms with van der Waals surface area (Å²) in [6, 6.07) is 0. The summed E-state index contributed by atoms with van der Waals surface area (Å²) >= 11 is 0. The number of rotatable bonds is 40. The summed E-state index contributed by atoms with van der Waals surface area (Å²) in [6.07, 6.45) is 54.6. The van der Waals surface area contributed by atoms with Gasteiger partial charge in [0.05, 0.1) is 19.8 Å². The van der Waals surface area contributed by atoms with Gasteiger partial charge in [-0.05, 0) is 89.9 Å². The Morgan fingerprint density at radius 2 is 1.02 bits per heavy atom. The highest BCUT2D eigenvalue weighted by atomic mass is 31.2. The highest BCUT2D eigenvalue weighted by molar-refractivity contribution is 7.47. The number of phosphoric acid groups is 1. The Morgan fingerprint density at radius 3 is 1.55 bits per heavy atom. The molecule has 2 unspecified atom stereocenters. The van der Waals surface area contributed by atoms with Crippen molar-refractivity contribution >= 4 is 13.8 Å². The maximum absolute atomic E-state index is 12.6. The minimum absolute atomic E-state index is 0.0854. The van der Waals surface area contributed by atoms with Crippen LogP contribution in [0.1, 0.15) is 162 Å². The number of esters is 1. The third-order valence-corrected chi connectivity index (χ3v) is 9.53. The van der Waals surface area contributed by atoms with Crippen molar-refractivity contribution in [1.82, 2.24) is 0 Å². The van der Waals surface area contributed by atoms with Crippen LogP contribution in [0, 0.1) is 0 Å². The highest BCUT2D eigenvalue weighted by Crippen LogP contribution is 2.43. The molecule has 0 aliphatic carbocycles. The van der Waals surface area contributed by atoms with Crippen molar-refractivity contribution in [3.63, 3.8) is 0 Å². The lowest BCUT2D eigenvalue weighted by atomic mass is 10.1. The fraction of sp³-hybridized carbons (Fsp3) is 0.674. The molecule has 0 rings (SSSR count). The smallest absolute Gasteiger partial charge is 0.457 e. The lowest BCUT2D eigenvalue weighted by molar-refractivity contribution is -0.154. The molecule has 0 bridgehead atoms. The maximum Gasteiger partial charge on any atom is 0.472 e. The second-order valence-corrected chi connectivity index (χ2v) is 15.3. The number of carbonyl (C=O) groups is 1. The fourth-order valence-corrected chi connectivity index (χ4v) is 6.17. The summed E-state index contributed by atoms with van der Waals surface area (Å²) in [5.74, 6) is -0.355. The third-order valence-electron chi connectivity index (χ3n) is 8.55. The van der Waals surface area contributed by atoms with Crippen LogP contribution in [0.5, 0.6) is 0 Å². The second kappa shape index (κ2) is 42.8. The molecule has 0 aliphatic rings. The summed E-state index contributed by atoms with van der Waals surface area (Å²) < 4.78 is 33.4. The molecular weight excluding hydrogens is 709 g/mol. The third kappa shape index (κ3) is 42.7. The van der Waals surface area contributed by atoms with E-state index in [9.17, 15) is 14.3 Å². The molecule has 0 heterocycles. The quantitative estimate of drug-likeness (QED) is 0.0273. The largest absolute Gasteiger partial charge is 0.472 e. The molecular formula is C46H80NO7P. The molecule has 0 radical (unpaired) electrons. The van der Waals surface area contributed by atoms with E-state index in [4.69, 9.17) is 24.3 Å². The van der Waals surface area contributed by atoms with Crippen LogP contribution in [0.4, 0.5) is 0 Å². The lowest BCUT2D eigenvalue weighted by Gasteiger charge is -2.20.